The molecule has 116 valence electrons. The maximum absolute atomic E-state index is 11.7. The van der Waals surface area contributed by atoms with Gasteiger partial charge >= 0.3 is 5.97 Å². The normalized spacial score (nSPS) is 23.1. The zero-order valence-corrected chi connectivity index (χ0v) is 12.4. The molecule has 1 aliphatic rings. The predicted molar refractivity (Wildman–Crippen MR) is 79.7 cm³/mol. The Morgan fingerprint density at radius 3 is 3.10 bits per heavy atom. The summed E-state index contributed by atoms with van der Waals surface area (Å²) in [7, 11) is 1.60. The van der Waals surface area contributed by atoms with E-state index in [4.69, 9.17) is 10.5 Å². The van der Waals surface area contributed by atoms with Crippen LogP contribution in [0.2, 0.25) is 0 Å². The fraction of sp³-hybridized carbons (Fsp3) is 0.600. The second-order valence-corrected chi connectivity index (χ2v) is 5.69. The lowest BCUT2D eigenvalue weighted by Crippen LogP contribution is -2.48. The van der Waals surface area contributed by atoms with Gasteiger partial charge in [0.1, 0.15) is 5.82 Å². The van der Waals surface area contributed by atoms with E-state index in [1.807, 2.05) is 12.1 Å². The third kappa shape index (κ3) is 3.71. The van der Waals surface area contributed by atoms with Crippen LogP contribution in [0.25, 0.3) is 0 Å². The number of hydrogen-bond donors (Lipinski definition) is 2. The molecule has 1 fully saturated rings. The van der Waals surface area contributed by atoms with Crippen LogP contribution in [0.3, 0.4) is 0 Å². The Balaban J connectivity index is 2.08. The lowest BCUT2D eigenvalue weighted by molar-refractivity contribution is -0.154. The number of aromatic nitrogens is 1. The van der Waals surface area contributed by atoms with Crippen molar-refractivity contribution in [3.63, 3.8) is 0 Å². The monoisotopic (exact) mass is 293 g/mol. The van der Waals surface area contributed by atoms with Gasteiger partial charge in [-0.05, 0) is 31.9 Å². The van der Waals surface area contributed by atoms with Crippen molar-refractivity contribution in [2.45, 2.75) is 25.8 Å². The minimum Gasteiger partial charge on any atom is -0.481 e. The van der Waals surface area contributed by atoms with Gasteiger partial charge < -0.3 is 15.6 Å². The number of hydrogen-bond acceptors (Lipinski definition) is 5. The van der Waals surface area contributed by atoms with E-state index in [0.29, 0.717) is 38.4 Å². The molecular weight excluding hydrogens is 270 g/mol. The van der Waals surface area contributed by atoms with Crippen molar-refractivity contribution in [2.24, 2.45) is 5.41 Å². The number of nitrogens with zero attached hydrogens (tertiary/aromatic N) is 2. The van der Waals surface area contributed by atoms with E-state index in [1.54, 1.807) is 13.3 Å². The standard InChI is InChI=1S/C15H23N3O3/c1-21-9-6-15(14(19)20)5-3-8-18(11-15)10-12-4-2-7-17-13(12)16/h2,4,7H,3,5-6,8-11H2,1H3,(H2,16,17)(H,19,20). The SMILES string of the molecule is COCCC1(C(=O)O)CCCN(Cc2cccnc2N)C1. The smallest absolute Gasteiger partial charge is 0.311 e. The fourth-order valence-electron chi connectivity index (χ4n) is 2.97. The number of piperidine rings is 1. The summed E-state index contributed by atoms with van der Waals surface area (Å²) in [6.45, 7) is 2.52. The first-order valence-corrected chi connectivity index (χ1v) is 7.21. The number of pyridine rings is 1. The molecule has 1 saturated heterocycles. The largest absolute Gasteiger partial charge is 0.481 e. The van der Waals surface area contributed by atoms with Crippen LogP contribution in [0.15, 0.2) is 18.3 Å². The number of ether oxygens (including phenoxy) is 1. The Labute approximate surface area is 124 Å². The quantitative estimate of drug-likeness (QED) is 0.823. The van der Waals surface area contributed by atoms with Gasteiger partial charge in [-0.2, -0.15) is 0 Å². The van der Waals surface area contributed by atoms with Crippen LogP contribution in [0, 0.1) is 5.41 Å². The maximum Gasteiger partial charge on any atom is 0.311 e. The highest BCUT2D eigenvalue weighted by atomic mass is 16.5. The Morgan fingerprint density at radius 1 is 1.62 bits per heavy atom. The number of aliphatic carboxylic acids is 1. The second-order valence-electron chi connectivity index (χ2n) is 5.69. The fourth-order valence-corrected chi connectivity index (χ4v) is 2.97. The first-order valence-electron chi connectivity index (χ1n) is 7.21. The topological polar surface area (TPSA) is 88.7 Å². The molecule has 0 radical (unpaired) electrons. The molecule has 0 amide bonds. The molecule has 1 aromatic rings. The number of methoxy groups -OCH3 is 1. The molecule has 1 aliphatic heterocycles. The van der Waals surface area contributed by atoms with Crippen LogP contribution >= 0.6 is 0 Å². The van der Waals surface area contributed by atoms with E-state index in [2.05, 4.69) is 9.88 Å². The van der Waals surface area contributed by atoms with Crippen molar-refractivity contribution in [3.05, 3.63) is 23.9 Å². The Hall–Kier alpha value is -1.66. The molecule has 1 unspecified atom stereocenters. The molecule has 0 aliphatic carbocycles. The molecule has 2 heterocycles. The summed E-state index contributed by atoms with van der Waals surface area (Å²) < 4.78 is 5.08. The van der Waals surface area contributed by atoms with Crippen molar-refractivity contribution in [3.8, 4) is 0 Å². The summed E-state index contributed by atoms with van der Waals surface area (Å²) in [6.07, 6.45) is 3.77. The van der Waals surface area contributed by atoms with E-state index in [-0.39, 0.29) is 0 Å². The van der Waals surface area contributed by atoms with Crippen LogP contribution in [0.1, 0.15) is 24.8 Å². The average Bonchev–Trinajstić information content (AvgIpc) is 2.48. The molecule has 0 spiro atoms. The molecule has 21 heavy (non-hydrogen) atoms. The first-order chi connectivity index (χ1) is 10.1. The zero-order valence-electron chi connectivity index (χ0n) is 12.4. The van der Waals surface area contributed by atoms with Gasteiger partial charge in [-0.3, -0.25) is 9.69 Å². The Kier molecular flexibility index (Phi) is 5.14. The summed E-state index contributed by atoms with van der Waals surface area (Å²) in [5.74, 6) is -0.218. The number of nitrogen functional groups attached to an aromatic ring is 1. The second kappa shape index (κ2) is 6.87. The van der Waals surface area contributed by atoms with Gasteiger partial charge in [0.15, 0.2) is 0 Å². The van der Waals surface area contributed by atoms with Gasteiger partial charge in [-0.1, -0.05) is 6.07 Å². The number of anilines is 1. The van der Waals surface area contributed by atoms with E-state index < -0.39 is 11.4 Å². The van der Waals surface area contributed by atoms with E-state index in [1.165, 1.54) is 0 Å². The summed E-state index contributed by atoms with van der Waals surface area (Å²) >= 11 is 0. The number of carboxylic acid groups (broad SMARTS) is 1. The van der Waals surface area contributed by atoms with Crippen molar-refractivity contribution < 1.29 is 14.6 Å². The number of rotatable bonds is 6. The minimum absolute atomic E-state index is 0.467. The van der Waals surface area contributed by atoms with Crippen LogP contribution in [-0.2, 0) is 16.1 Å². The lowest BCUT2D eigenvalue weighted by Gasteiger charge is -2.40. The van der Waals surface area contributed by atoms with Gasteiger partial charge in [0.2, 0.25) is 0 Å². The molecule has 6 heteroatoms. The first kappa shape index (κ1) is 15.7. The van der Waals surface area contributed by atoms with Gasteiger partial charge in [0.05, 0.1) is 5.41 Å². The minimum atomic E-state index is -0.733. The average molecular weight is 293 g/mol. The third-order valence-corrected chi connectivity index (χ3v) is 4.21. The Bertz CT molecular complexity index is 495. The summed E-state index contributed by atoms with van der Waals surface area (Å²) in [5, 5.41) is 9.63. The van der Waals surface area contributed by atoms with Crippen molar-refractivity contribution >= 4 is 11.8 Å². The molecule has 6 nitrogen and oxygen atoms in total. The number of nitrogens with two attached hydrogens (primary N) is 1. The molecule has 1 aromatic heterocycles. The van der Waals surface area contributed by atoms with Gasteiger partial charge in [-0.25, -0.2) is 4.98 Å². The van der Waals surface area contributed by atoms with E-state index >= 15 is 0 Å². The zero-order chi connectivity index (χ0) is 15.3. The molecule has 0 saturated carbocycles. The van der Waals surface area contributed by atoms with Crippen LogP contribution in [0.4, 0.5) is 5.82 Å². The predicted octanol–water partition coefficient (Wildman–Crippen LogP) is 1.37. The molecule has 0 aromatic carbocycles. The van der Waals surface area contributed by atoms with Gasteiger partial charge in [-0.15, -0.1) is 0 Å². The highest BCUT2D eigenvalue weighted by Gasteiger charge is 2.42. The number of likely N-dealkylation sites (tertiary alicyclic amines) is 1. The lowest BCUT2D eigenvalue weighted by atomic mass is 9.77. The molecule has 1 atom stereocenters. The molecule has 3 N–H and O–H groups in total. The summed E-state index contributed by atoms with van der Waals surface area (Å²) in [5.41, 5.74) is 6.10. The summed E-state index contributed by atoms with van der Waals surface area (Å²) in [4.78, 5) is 18.0. The highest BCUT2D eigenvalue weighted by molar-refractivity contribution is 5.75. The highest BCUT2D eigenvalue weighted by Crippen LogP contribution is 2.34. The van der Waals surface area contributed by atoms with Crippen LogP contribution in [-0.4, -0.2) is 47.8 Å². The van der Waals surface area contributed by atoms with Gasteiger partial charge in [0, 0.05) is 38.6 Å². The molecule has 0 bridgehead atoms. The van der Waals surface area contributed by atoms with E-state index in [9.17, 15) is 9.90 Å². The molecular formula is C15H23N3O3. The van der Waals surface area contributed by atoms with Crippen LogP contribution in [0.5, 0.6) is 0 Å². The Morgan fingerprint density at radius 2 is 2.43 bits per heavy atom. The van der Waals surface area contributed by atoms with Crippen molar-refractivity contribution in [1.82, 2.24) is 9.88 Å². The number of carboxylic acids is 1. The molecule has 2 rings (SSSR count). The van der Waals surface area contributed by atoms with Gasteiger partial charge in [0.25, 0.3) is 0 Å². The van der Waals surface area contributed by atoms with Crippen molar-refractivity contribution in [1.29, 1.82) is 0 Å². The number of carbonyl (C=O) groups is 1. The summed E-state index contributed by atoms with van der Waals surface area (Å²) in [6, 6.07) is 3.79. The third-order valence-electron chi connectivity index (χ3n) is 4.21. The van der Waals surface area contributed by atoms with E-state index in [0.717, 1.165) is 18.5 Å². The van der Waals surface area contributed by atoms with Crippen LogP contribution < -0.4 is 5.73 Å². The maximum atomic E-state index is 11.7. The van der Waals surface area contributed by atoms with Crippen molar-refractivity contribution in [2.75, 3.05) is 32.5 Å².